The van der Waals surface area contributed by atoms with Crippen LogP contribution in [-0.2, 0) is 4.79 Å². The molecule has 1 heterocycles. The number of urea groups is 1. The average Bonchev–Trinajstić information content (AvgIpc) is 2.74. The van der Waals surface area contributed by atoms with Gasteiger partial charge >= 0.3 is 6.03 Å². The topological polar surface area (TPSA) is 109 Å². The molecule has 1 aromatic rings. The molecule has 8 nitrogen and oxygen atoms in total. The number of carbonyl (C=O) groups excluding carboxylic acids is 2. The summed E-state index contributed by atoms with van der Waals surface area (Å²) in [5.41, 5.74) is 0.662. The maximum absolute atomic E-state index is 12.1. The standard InChI is InChI=1S/C20H27N3O5/c24-13-21-10-14-2-1-3-15(8-14)11-22-20(26)23-12-17(25)16-4-5-18-19(9-16)28-7-6-27-18/h4-5,9,14-15,17,25H,1-3,6-8,10-12H2,(H2,22,23,26). The number of aliphatic hydroxyl groups is 1. The van der Waals surface area contributed by atoms with Crippen LogP contribution in [0.1, 0.15) is 37.4 Å². The molecule has 1 aromatic carbocycles. The van der Waals surface area contributed by atoms with Crippen molar-refractivity contribution in [3.8, 4) is 11.5 Å². The van der Waals surface area contributed by atoms with E-state index >= 15 is 0 Å². The summed E-state index contributed by atoms with van der Waals surface area (Å²) in [7, 11) is 0. The Morgan fingerprint density at radius 1 is 1.21 bits per heavy atom. The smallest absolute Gasteiger partial charge is 0.314 e. The minimum absolute atomic E-state index is 0.104. The van der Waals surface area contributed by atoms with Crippen molar-refractivity contribution >= 4 is 12.1 Å². The first-order chi connectivity index (χ1) is 13.7. The van der Waals surface area contributed by atoms with Crippen molar-refractivity contribution in [3.05, 3.63) is 23.8 Å². The number of isocyanates is 1. The summed E-state index contributed by atoms with van der Waals surface area (Å²) in [4.78, 5) is 26.0. The Labute approximate surface area is 164 Å². The van der Waals surface area contributed by atoms with Crippen LogP contribution in [0.2, 0.25) is 0 Å². The summed E-state index contributed by atoms with van der Waals surface area (Å²) < 4.78 is 11.0. The molecule has 8 heteroatoms. The van der Waals surface area contributed by atoms with E-state index in [9.17, 15) is 14.7 Å². The molecule has 1 aliphatic heterocycles. The lowest BCUT2D eigenvalue weighted by Gasteiger charge is -2.28. The molecule has 3 unspecified atom stereocenters. The van der Waals surface area contributed by atoms with E-state index in [2.05, 4.69) is 15.6 Å². The van der Waals surface area contributed by atoms with Crippen LogP contribution >= 0.6 is 0 Å². The molecule has 28 heavy (non-hydrogen) atoms. The molecule has 0 bridgehead atoms. The number of hydrogen-bond donors (Lipinski definition) is 3. The van der Waals surface area contributed by atoms with Crippen LogP contribution in [0.15, 0.2) is 23.2 Å². The highest BCUT2D eigenvalue weighted by molar-refractivity contribution is 5.73. The third kappa shape index (κ3) is 5.71. The minimum atomic E-state index is -0.832. The monoisotopic (exact) mass is 389 g/mol. The fourth-order valence-corrected chi connectivity index (χ4v) is 3.79. The number of rotatable bonds is 7. The van der Waals surface area contributed by atoms with E-state index < -0.39 is 6.10 Å². The van der Waals surface area contributed by atoms with E-state index in [1.807, 2.05) is 0 Å². The van der Waals surface area contributed by atoms with E-state index in [4.69, 9.17) is 9.47 Å². The lowest BCUT2D eigenvalue weighted by atomic mass is 9.81. The highest BCUT2D eigenvalue weighted by Gasteiger charge is 2.22. The second-order valence-corrected chi connectivity index (χ2v) is 7.34. The number of ether oxygens (including phenoxy) is 2. The van der Waals surface area contributed by atoms with E-state index in [-0.39, 0.29) is 12.6 Å². The van der Waals surface area contributed by atoms with E-state index in [0.717, 1.165) is 25.7 Å². The van der Waals surface area contributed by atoms with Gasteiger partial charge in [-0.05, 0) is 48.8 Å². The number of carbonyl (C=O) groups is 1. The van der Waals surface area contributed by atoms with Gasteiger partial charge in [0.1, 0.15) is 13.2 Å². The molecule has 1 saturated carbocycles. The second kappa shape index (κ2) is 10.1. The van der Waals surface area contributed by atoms with Gasteiger partial charge in [-0.25, -0.2) is 14.6 Å². The third-order valence-corrected chi connectivity index (χ3v) is 5.26. The van der Waals surface area contributed by atoms with Crippen molar-refractivity contribution < 1.29 is 24.2 Å². The molecule has 0 aromatic heterocycles. The fourth-order valence-electron chi connectivity index (χ4n) is 3.79. The molecule has 2 amide bonds. The number of hydrogen-bond acceptors (Lipinski definition) is 6. The van der Waals surface area contributed by atoms with Crippen molar-refractivity contribution in [2.45, 2.75) is 31.8 Å². The Morgan fingerprint density at radius 2 is 2.00 bits per heavy atom. The maximum Gasteiger partial charge on any atom is 0.314 e. The van der Waals surface area contributed by atoms with Crippen molar-refractivity contribution in [2.24, 2.45) is 16.8 Å². The zero-order valence-electron chi connectivity index (χ0n) is 15.9. The molecule has 152 valence electrons. The Hall–Kier alpha value is -2.57. The number of benzene rings is 1. The van der Waals surface area contributed by atoms with Gasteiger partial charge < -0.3 is 25.2 Å². The Balaban J connectivity index is 1.39. The van der Waals surface area contributed by atoms with Gasteiger partial charge in [0.15, 0.2) is 11.5 Å². The van der Waals surface area contributed by atoms with Gasteiger partial charge in [-0.3, -0.25) is 0 Å². The number of aliphatic imine (C=N–C) groups is 1. The molecule has 0 radical (unpaired) electrons. The number of nitrogens with zero attached hydrogens (tertiary/aromatic N) is 1. The van der Waals surface area contributed by atoms with Crippen molar-refractivity contribution in [1.82, 2.24) is 10.6 Å². The van der Waals surface area contributed by atoms with Gasteiger partial charge in [0, 0.05) is 13.1 Å². The van der Waals surface area contributed by atoms with Gasteiger partial charge in [0.05, 0.1) is 12.6 Å². The van der Waals surface area contributed by atoms with Gasteiger partial charge in [0.25, 0.3) is 0 Å². The number of aliphatic hydroxyl groups excluding tert-OH is 1. The minimum Gasteiger partial charge on any atom is -0.486 e. The summed E-state index contributed by atoms with van der Waals surface area (Å²) in [6.07, 6.45) is 4.91. The summed E-state index contributed by atoms with van der Waals surface area (Å²) >= 11 is 0. The summed E-state index contributed by atoms with van der Waals surface area (Å²) in [6.45, 7) is 2.20. The van der Waals surface area contributed by atoms with Crippen molar-refractivity contribution in [1.29, 1.82) is 0 Å². The Morgan fingerprint density at radius 3 is 2.82 bits per heavy atom. The zero-order valence-corrected chi connectivity index (χ0v) is 15.9. The molecule has 2 aliphatic rings. The van der Waals surface area contributed by atoms with Crippen LogP contribution < -0.4 is 20.1 Å². The largest absolute Gasteiger partial charge is 0.486 e. The van der Waals surface area contributed by atoms with Crippen LogP contribution in [0.25, 0.3) is 0 Å². The first-order valence-corrected chi connectivity index (χ1v) is 9.78. The zero-order chi connectivity index (χ0) is 19.8. The van der Waals surface area contributed by atoms with E-state index in [0.29, 0.717) is 55.2 Å². The first-order valence-electron chi connectivity index (χ1n) is 9.78. The van der Waals surface area contributed by atoms with Crippen LogP contribution in [0.3, 0.4) is 0 Å². The lowest BCUT2D eigenvalue weighted by molar-refractivity contribution is 0.162. The van der Waals surface area contributed by atoms with Crippen molar-refractivity contribution in [3.63, 3.8) is 0 Å². The Kier molecular flexibility index (Phi) is 7.28. The first kappa shape index (κ1) is 20.2. The number of nitrogens with one attached hydrogen (secondary N) is 2. The molecule has 1 fully saturated rings. The molecule has 3 rings (SSSR count). The number of amides is 2. The van der Waals surface area contributed by atoms with Crippen LogP contribution in [0, 0.1) is 11.8 Å². The highest BCUT2D eigenvalue weighted by atomic mass is 16.6. The van der Waals surface area contributed by atoms with E-state index in [1.54, 1.807) is 24.3 Å². The Bertz CT molecular complexity index is 720. The fraction of sp³-hybridized carbons (Fsp3) is 0.600. The molecule has 0 spiro atoms. The van der Waals surface area contributed by atoms with E-state index in [1.165, 1.54) is 0 Å². The van der Waals surface area contributed by atoms with Gasteiger partial charge in [0.2, 0.25) is 6.08 Å². The van der Waals surface area contributed by atoms with Crippen LogP contribution in [-0.4, -0.2) is 50.1 Å². The predicted molar refractivity (Wildman–Crippen MR) is 102 cm³/mol. The summed E-state index contributed by atoms with van der Waals surface area (Å²) in [5, 5.41) is 15.9. The highest BCUT2D eigenvalue weighted by Crippen LogP contribution is 2.32. The molecule has 0 saturated heterocycles. The normalized spacial score (nSPS) is 21.9. The summed E-state index contributed by atoms with van der Waals surface area (Å²) in [6, 6.07) is 4.97. The van der Waals surface area contributed by atoms with Gasteiger partial charge in [-0.15, -0.1) is 0 Å². The maximum atomic E-state index is 12.1. The van der Waals surface area contributed by atoms with Crippen LogP contribution in [0.5, 0.6) is 11.5 Å². The second-order valence-electron chi connectivity index (χ2n) is 7.34. The molecular formula is C20H27N3O5. The lowest BCUT2D eigenvalue weighted by Crippen LogP contribution is -2.40. The number of fused-ring (bicyclic) bond motifs is 1. The van der Waals surface area contributed by atoms with Gasteiger partial charge in [-0.1, -0.05) is 12.5 Å². The SMILES string of the molecule is O=C=NCC1CCCC(CNC(=O)NCC(O)c2ccc3c(c2)OCCO3)C1. The third-order valence-electron chi connectivity index (χ3n) is 5.26. The summed E-state index contributed by atoms with van der Waals surface area (Å²) in [5.74, 6) is 2.05. The molecular weight excluding hydrogens is 362 g/mol. The van der Waals surface area contributed by atoms with Crippen molar-refractivity contribution in [2.75, 3.05) is 32.8 Å². The molecule has 3 N–H and O–H groups in total. The predicted octanol–water partition coefficient (Wildman–Crippen LogP) is 1.93. The molecule has 1 aliphatic carbocycles. The van der Waals surface area contributed by atoms with Gasteiger partial charge in [-0.2, -0.15) is 0 Å². The quantitative estimate of drug-likeness (QED) is 0.488. The van der Waals surface area contributed by atoms with Crippen LogP contribution in [0.4, 0.5) is 4.79 Å². The average molecular weight is 389 g/mol. The molecule has 3 atom stereocenters.